The van der Waals surface area contributed by atoms with Crippen LogP contribution in [0, 0.1) is 0 Å². The van der Waals surface area contributed by atoms with E-state index in [4.69, 9.17) is 0 Å². The summed E-state index contributed by atoms with van der Waals surface area (Å²) in [5, 5.41) is 3.69. The zero-order chi connectivity index (χ0) is 11.4. The first kappa shape index (κ1) is 12.4. The number of nitrogens with one attached hydrogen (secondary N) is 1. The highest BCUT2D eigenvalue weighted by molar-refractivity contribution is 4.86. The molecule has 0 aromatic rings. The zero-order valence-corrected chi connectivity index (χ0v) is 11.0. The predicted molar refractivity (Wildman–Crippen MR) is 69.7 cm³/mol. The van der Waals surface area contributed by atoms with Crippen molar-refractivity contribution in [3.63, 3.8) is 0 Å². The standard InChI is InChI=1S/C14H28N2/c1-3-13-11-16(12(2)9-10-15-13)14-7-5-4-6-8-14/h12-15H,3-11H2,1-2H3. The SMILES string of the molecule is CCC1CN(C2CCCCC2)C(C)CCN1. The molecule has 1 aliphatic carbocycles. The average Bonchev–Trinajstić information content (AvgIpc) is 2.52. The van der Waals surface area contributed by atoms with Gasteiger partial charge in [-0.2, -0.15) is 0 Å². The molecule has 1 saturated carbocycles. The molecule has 16 heavy (non-hydrogen) atoms. The first-order valence-electron chi connectivity index (χ1n) is 7.30. The van der Waals surface area contributed by atoms with E-state index in [9.17, 15) is 0 Å². The number of hydrogen-bond acceptors (Lipinski definition) is 2. The molecule has 0 radical (unpaired) electrons. The largest absolute Gasteiger partial charge is 0.313 e. The molecule has 2 aliphatic rings. The second kappa shape index (κ2) is 6.02. The zero-order valence-electron chi connectivity index (χ0n) is 11.0. The number of rotatable bonds is 2. The fourth-order valence-corrected chi connectivity index (χ4v) is 3.36. The van der Waals surface area contributed by atoms with Crippen LogP contribution in [0.25, 0.3) is 0 Å². The van der Waals surface area contributed by atoms with Crippen LogP contribution in [-0.4, -0.2) is 36.1 Å². The van der Waals surface area contributed by atoms with Crippen molar-refractivity contribution >= 4 is 0 Å². The van der Waals surface area contributed by atoms with E-state index in [1.165, 1.54) is 58.0 Å². The Balaban J connectivity index is 1.97. The van der Waals surface area contributed by atoms with Gasteiger partial charge >= 0.3 is 0 Å². The molecule has 94 valence electrons. The lowest BCUT2D eigenvalue weighted by molar-refractivity contribution is 0.109. The van der Waals surface area contributed by atoms with Crippen molar-refractivity contribution < 1.29 is 0 Å². The third-order valence-electron chi connectivity index (χ3n) is 4.53. The summed E-state index contributed by atoms with van der Waals surface area (Å²) in [4.78, 5) is 2.81. The molecule has 0 aromatic heterocycles. The van der Waals surface area contributed by atoms with Crippen LogP contribution in [0.15, 0.2) is 0 Å². The Labute approximate surface area is 101 Å². The van der Waals surface area contributed by atoms with Crippen LogP contribution in [0.1, 0.15) is 58.8 Å². The van der Waals surface area contributed by atoms with Gasteiger partial charge in [0, 0.05) is 24.7 Å². The van der Waals surface area contributed by atoms with Gasteiger partial charge in [-0.05, 0) is 39.2 Å². The molecule has 0 bridgehead atoms. The third kappa shape index (κ3) is 2.98. The van der Waals surface area contributed by atoms with Crippen molar-refractivity contribution in [2.75, 3.05) is 13.1 Å². The van der Waals surface area contributed by atoms with Gasteiger partial charge in [-0.25, -0.2) is 0 Å². The van der Waals surface area contributed by atoms with Crippen molar-refractivity contribution in [3.05, 3.63) is 0 Å². The smallest absolute Gasteiger partial charge is 0.0192 e. The summed E-state index contributed by atoms with van der Waals surface area (Å²) in [6.07, 6.45) is 9.87. The predicted octanol–water partition coefficient (Wildman–Crippen LogP) is 2.78. The van der Waals surface area contributed by atoms with E-state index in [0.29, 0.717) is 0 Å². The molecule has 1 heterocycles. The summed E-state index contributed by atoms with van der Waals surface area (Å²) in [6, 6.07) is 2.40. The van der Waals surface area contributed by atoms with Gasteiger partial charge in [-0.15, -0.1) is 0 Å². The second-order valence-electron chi connectivity index (χ2n) is 5.69. The highest BCUT2D eigenvalue weighted by atomic mass is 15.2. The Morgan fingerprint density at radius 2 is 1.88 bits per heavy atom. The normalized spacial score (nSPS) is 34.9. The van der Waals surface area contributed by atoms with Gasteiger partial charge in [0.25, 0.3) is 0 Å². The minimum absolute atomic E-state index is 0.729. The maximum absolute atomic E-state index is 3.69. The van der Waals surface area contributed by atoms with Gasteiger partial charge in [0.2, 0.25) is 0 Å². The lowest BCUT2D eigenvalue weighted by Crippen LogP contribution is -2.46. The fraction of sp³-hybridized carbons (Fsp3) is 1.00. The molecule has 0 aromatic carbocycles. The van der Waals surface area contributed by atoms with Crippen molar-refractivity contribution in [2.24, 2.45) is 0 Å². The topological polar surface area (TPSA) is 15.3 Å². The first-order chi connectivity index (χ1) is 7.81. The molecule has 2 nitrogen and oxygen atoms in total. The summed E-state index contributed by atoms with van der Waals surface area (Å²) < 4.78 is 0. The quantitative estimate of drug-likeness (QED) is 0.776. The van der Waals surface area contributed by atoms with Crippen molar-refractivity contribution in [3.8, 4) is 0 Å². The van der Waals surface area contributed by atoms with E-state index < -0.39 is 0 Å². The molecular weight excluding hydrogens is 196 g/mol. The van der Waals surface area contributed by atoms with Crippen LogP contribution in [-0.2, 0) is 0 Å². The molecular formula is C14H28N2. The molecule has 0 amide bonds. The Hall–Kier alpha value is -0.0800. The summed E-state index contributed by atoms with van der Waals surface area (Å²) in [5.74, 6) is 0. The van der Waals surface area contributed by atoms with Crippen LogP contribution in [0.4, 0.5) is 0 Å². The first-order valence-corrected chi connectivity index (χ1v) is 7.30. The van der Waals surface area contributed by atoms with Gasteiger partial charge in [0.15, 0.2) is 0 Å². The molecule has 1 saturated heterocycles. The van der Waals surface area contributed by atoms with Gasteiger partial charge in [-0.1, -0.05) is 26.2 Å². The van der Waals surface area contributed by atoms with Crippen LogP contribution < -0.4 is 5.32 Å². The Morgan fingerprint density at radius 3 is 2.56 bits per heavy atom. The molecule has 2 unspecified atom stereocenters. The van der Waals surface area contributed by atoms with Gasteiger partial charge < -0.3 is 5.32 Å². The second-order valence-corrected chi connectivity index (χ2v) is 5.69. The van der Waals surface area contributed by atoms with Gasteiger partial charge in [-0.3, -0.25) is 4.90 Å². The van der Waals surface area contributed by atoms with Crippen LogP contribution >= 0.6 is 0 Å². The molecule has 2 atom stereocenters. The molecule has 1 N–H and O–H groups in total. The summed E-state index contributed by atoms with van der Waals surface area (Å²) in [7, 11) is 0. The Bertz CT molecular complexity index is 199. The van der Waals surface area contributed by atoms with Crippen molar-refractivity contribution in [1.29, 1.82) is 0 Å². The summed E-state index contributed by atoms with van der Waals surface area (Å²) in [5.41, 5.74) is 0. The number of nitrogens with zero attached hydrogens (tertiary/aromatic N) is 1. The van der Waals surface area contributed by atoms with E-state index in [1.54, 1.807) is 0 Å². The van der Waals surface area contributed by atoms with E-state index in [0.717, 1.165) is 18.1 Å². The van der Waals surface area contributed by atoms with Crippen molar-refractivity contribution in [2.45, 2.75) is 76.9 Å². The van der Waals surface area contributed by atoms with Crippen molar-refractivity contribution in [1.82, 2.24) is 10.2 Å². The monoisotopic (exact) mass is 224 g/mol. The minimum Gasteiger partial charge on any atom is -0.313 e. The summed E-state index contributed by atoms with van der Waals surface area (Å²) in [6.45, 7) is 7.23. The average molecular weight is 224 g/mol. The maximum atomic E-state index is 3.69. The Morgan fingerprint density at radius 1 is 1.12 bits per heavy atom. The lowest BCUT2D eigenvalue weighted by Gasteiger charge is -2.38. The highest BCUT2D eigenvalue weighted by Crippen LogP contribution is 2.26. The van der Waals surface area contributed by atoms with E-state index in [2.05, 4.69) is 24.1 Å². The van der Waals surface area contributed by atoms with Gasteiger partial charge in [0.05, 0.1) is 0 Å². The molecule has 1 aliphatic heterocycles. The fourth-order valence-electron chi connectivity index (χ4n) is 3.36. The highest BCUT2D eigenvalue weighted by Gasteiger charge is 2.28. The van der Waals surface area contributed by atoms with E-state index >= 15 is 0 Å². The molecule has 0 spiro atoms. The minimum atomic E-state index is 0.729. The lowest BCUT2D eigenvalue weighted by atomic mass is 9.92. The number of hydrogen-bond donors (Lipinski definition) is 1. The van der Waals surface area contributed by atoms with Crippen LogP contribution in [0.2, 0.25) is 0 Å². The van der Waals surface area contributed by atoms with E-state index in [-0.39, 0.29) is 0 Å². The van der Waals surface area contributed by atoms with Crippen LogP contribution in [0.3, 0.4) is 0 Å². The Kier molecular flexibility index (Phi) is 4.66. The third-order valence-corrected chi connectivity index (χ3v) is 4.53. The molecule has 2 fully saturated rings. The molecule has 2 heteroatoms. The summed E-state index contributed by atoms with van der Waals surface area (Å²) >= 11 is 0. The van der Waals surface area contributed by atoms with Crippen LogP contribution in [0.5, 0.6) is 0 Å². The van der Waals surface area contributed by atoms with Gasteiger partial charge in [0.1, 0.15) is 0 Å². The maximum Gasteiger partial charge on any atom is 0.0192 e. The molecule has 2 rings (SSSR count). The van der Waals surface area contributed by atoms with E-state index in [1.807, 2.05) is 0 Å².